The second-order valence-electron chi connectivity index (χ2n) is 34.6. The van der Waals surface area contributed by atoms with Gasteiger partial charge in [0.15, 0.2) is 0 Å². The lowest BCUT2D eigenvalue weighted by Gasteiger charge is -2.36. The number of nitrogens with two attached hydrogens (primary N) is 2. The van der Waals surface area contributed by atoms with Gasteiger partial charge in [-0.1, -0.05) is 95.0 Å². The number of nitrogens with one attached hydrogen (secondary N) is 12. The van der Waals surface area contributed by atoms with E-state index < -0.39 is 260 Å². The van der Waals surface area contributed by atoms with Gasteiger partial charge in [0.2, 0.25) is 94.5 Å². The Labute approximate surface area is 782 Å². The van der Waals surface area contributed by atoms with Gasteiger partial charge < -0.3 is 124 Å². The van der Waals surface area contributed by atoms with Gasteiger partial charge in [0, 0.05) is 124 Å². The van der Waals surface area contributed by atoms with Gasteiger partial charge >= 0.3 is 11.9 Å². The van der Waals surface area contributed by atoms with Crippen LogP contribution in [0.25, 0.3) is 21.8 Å². The first-order chi connectivity index (χ1) is 64.3. The number of aliphatic carboxylic acids is 2. The van der Waals surface area contributed by atoms with Crippen LogP contribution in [0.5, 0.6) is 5.75 Å². The molecule has 9 rings (SSSR count). The van der Waals surface area contributed by atoms with E-state index in [2.05, 4.69) is 67.8 Å². The van der Waals surface area contributed by atoms with Crippen molar-refractivity contribution < 1.29 is 112 Å². The second kappa shape index (κ2) is 50.0. The largest absolute Gasteiger partial charge is 0.508 e. The maximum Gasteiger partial charge on any atom is 0.305 e. The summed E-state index contributed by atoms with van der Waals surface area (Å²) in [5.74, 6) is -21.6. The van der Waals surface area contributed by atoms with Crippen molar-refractivity contribution in [3.8, 4) is 5.75 Å². The summed E-state index contributed by atoms with van der Waals surface area (Å²) >= 11 is 0.696. The molecule has 3 aliphatic heterocycles. The van der Waals surface area contributed by atoms with Gasteiger partial charge in [0.1, 0.15) is 78.3 Å². The number of thioether (sulfide) groups is 1. The highest BCUT2D eigenvalue weighted by Gasteiger charge is 2.47. The molecule has 3 saturated heterocycles. The van der Waals surface area contributed by atoms with Gasteiger partial charge in [-0.2, -0.15) is 0 Å². The number of carbonyl (C=O) groups excluding carboxylic acids is 16. The summed E-state index contributed by atoms with van der Waals surface area (Å²) in [5.41, 5.74) is 14.2. The molecule has 6 aromatic rings. The Bertz CT molecular complexity index is 5230. The molecule has 0 aliphatic carbocycles. The number of para-hydroxylation sites is 2. The molecular weight excluding hydrogens is 1770 g/mol. The first kappa shape index (κ1) is 105. The number of carboxylic acid groups (broad SMARTS) is 2. The number of rotatable bonds is 26. The fourth-order valence-corrected chi connectivity index (χ4v) is 18.0. The van der Waals surface area contributed by atoms with E-state index in [1.54, 1.807) is 62.6 Å². The molecule has 135 heavy (non-hydrogen) atoms. The number of aromatic nitrogens is 4. The number of hydrogen-bond donors (Lipinski definition) is 19. The van der Waals surface area contributed by atoms with Crippen LogP contribution >= 0.6 is 11.8 Å². The lowest BCUT2D eigenvalue weighted by Crippen LogP contribution is -2.61. The first-order valence-corrected chi connectivity index (χ1v) is 46.3. The van der Waals surface area contributed by atoms with E-state index in [9.17, 15) is 78.3 Å². The Kier molecular flexibility index (Phi) is 38.9. The summed E-state index contributed by atoms with van der Waals surface area (Å²) in [6.45, 7) is 4.23. The number of H-pyrrole nitrogens is 3. The maximum atomic E-state index is 15.7. The zero-order valence-corrected chi connectivity index (χ0v) is 77.3. The van der Waals surface area contributed by atoms with Gasteiger partial charge in [-0.3, -0.25) is 86.3 Å². The molecular formula is C91H124N20O23S. The average molecular weight is 1900 g/mol. The topological polar surface area (TPSA) is 645 Å². The number of amides is 16. The van der Waals surface area contributed by atoms with E-state index in [-0.39, 0.29) is 95.2 Å². The number of carbonyl (C=O) groups is 18. The van der Waals surface area contributed by atoms with Crippen molar-refractivity contribution in [1.29, 1.82) is 0 Å². The highest BCUT2D eigenvalue weighted by atomic mass is 32.2. The van der Waals surface area contributed by atoms with E-state index in [1.807, 2.05) is 19.1 Å². The Hall–Kier alpha value is -13.5. The number of fused-ring (bicyclic) bond motifs is 4. The van der Waals surface area contributed by atoms with Crippen molar-refractivity contribution in [3.63, 3.8) is 0 Å². The number of unbranched alkanes of at least 4 members (excludes halogenated alkanes) is 2. The summed E-state index contributed by atoms with van der Waals surface area (Å²) in [6.07, 6.45) is 1.74. The Balaban J connectivity index is 1.10. The number of nitrogens with zero attached hydrogens (tertiary/aromatic N) is 6. The van der Waals surface area contributed by atoms with Crippen LogP contribution in [0.1, 0.15) is 146 Å². The maximum absolute atomic E-state index is 15.7. The van der Waals surface area contributed by atoms with Crippen molar-refractivity contribution in [2.24, 2.45) is 23.3 Å². The molecule has 3 aromatic heterocycles. The number of aromatic hydroxyl groups is 1. The van der Waals surface area contributed by atoms with Crippen LogP contribution in [0.15, 0.2) is 97.7 Å². The third kappa shape index (κ3) is 29.2. The van der Waals surface area contributed by atoms with Crippen LogP contribution in [0, 0.1) is 11.8 Å². The molecule has 3 fully saturated rings. The number of phenolic OH excluding ortho intramolecular Hbond substituents is 1. The van der Waals surface area contributed by atoms with Gasteiger partial charge in [0.05, 0.1) is 43.5 Å². The number of hydrogen-bond acceptors (Lipinski definition) is 23. The first-order valence-electron chi connectivity index (χ1n) is 45.1. The number of carboxylic acids is 2. The van der Waals surface area contributed by atoms with Crippen LogP contribution in [0.4, 0.5) is 0 Å². The van der Waals surface area contributed by atoms with Crippen LogP contribution in [0.3, 0.4) is 0 Å². The van der Waals surface area contributed by atoms with Crippen molar-refractivity contribution >= 4 is 140 Å². The molecule has 3 aromatic carbocycles. The third-order valence-electron chi connectivity index (χ3n) is 24.8. The fourth-order valence-electron chi connectivity index (χ4n) is 17.2. The number of primary amides is 2. The smallest absolute Gasteiger partial charge is 0.305 e. The number of aromatic amines is 3. The monoisotopic (exact) mass is 1900 g/mol. The van der Waals surface area contributed by atoms with Gasteiger partial charge in [0.25, 0.3) is 0 Å². The number of likely N-dealkylation sites (N-methyl/N-ethyl adjacent to an activating group) is 3. The summed E-state index contributed by atoms with van der Waals surface area (Å²) in [6, 6.07) is -0.739. The second-order valence-corrected chi connectivity index (χ2v) is 35.6. The molecule has 6 heterocycles. The van der Waals surface area contributed by atoms with Crippen LogP contribution in [-0.2, 0) is 112 Å². The molecule has 16 amide bonds. The zero-order valence-electron chi connectivity index (χ0n) is 76.5. The van der Waals surface area contributed by atoms with E-state index in [0.29, 0.717) is 69.5 Å². The fraction of sp³-hybridized carbons (Fsp3) is 0.527. The van der Waals surface area contributed by atoms with E-state index in [1.165, 1.54) is 69.8 Å². The van der Waals surface area contributed by atoms with E-state index in [0.717, 1.165) is 19.6 Å². The molecule has 3 aliphatic rings. The Morgan fingerprint density at radius 3 is 1.72 bits per heavy atom. The number of imidazole rings is 1. The Morgan fingerprint density at radius 2 is 1.10 bits per heavy atom. The molecule has 0 bridgehead atoms. The van der Waals surface area contributed by atoms with E-state index >= 15 is 33.6 Å². The predicted molar refractivity (Wildman–Crippen MR) is 490 cm³/mol. The normalized spacial score (nSPS) is 25.3. The molecule has 43 nitrogen and oxygen atoms in total. The quantitative estimate of drug-likeness (QED) is 0.0298. The predicted octanol–water partition coefficient (Wildman–Crippen LogP) is -1.35. The van der Waals surface area contributed by atoms with Crippen LogP contribution < -0.4 is 59.3 Å². The highest BCUT2D eigenvalue weighted by Crippen LogP contribution is 2.34. The third-order valence-corrected chi connectivity index (χ3v) is 25.8. The van der Waals surface area contributed by atoms with Gasteiger partial charge in [-0.05, 0) is 112 Å². The van der Waals surface area contributed by atoms with Crippen LogP contribution in [0.2, 0.25) is 0 Å². The Morgan fingerprint density at radius 1 is 0.541 bits per heavy atom. The molecule has 21 N–H and O–H groups in total. The number of aliphatic hydroxyl groups is 2. The SMILES string of the molecule is CCCC[C@H]1C(=O)N(C)[C@@H](CCCC)C(=O)N[C@@H](CCC(=O)O)C(=O)N[C@H](C(=O)NCC(N)=O)CSCC(=O)N[C@@H](Cc2ccc(O)cc2)C(=O)N(C)[C@@H](C)C(=O)N[C@@H](CC(=O)O)C(=O)N2CCC[C@H]2C(=O)N[C@@H](Cc2c[nH]cn2)C(=O)N[C@@H](CCC(N)=O)C(=O)N2C[C@H](O)C[C@H]2C(C)C[C@@H](Cc2c[nH]c3ccccc23)C(=O)N[C@@H](CO)C(=O)N[C@@H](Cc2c[nH]c3ccccc23)C(=O)N1C. The van der Waals surface area contributed by atoms with Crippen molar-refractivity contribution in [1.82, 2.24) is 92.3 Å². The van der Waals surface area contributed by atoms with Gasteiger partial charge in [-0.15, -0.1) is 11.8 Å². The number of benzene rings is 3. The molecule has 732 valence electrons. The minimum atomic E-state index is -1.93. The van der Waals surface area contributed by atoms with E-state index in [4.69, 9.17) is 11.5 Å². The lowest BCUT2D eigenvalue weighted by molar-refractivity contribution is -0.149. The summed E-state index contributed by atoms with van der Waals surface area (Å²) in [4.78, 5) is 278. The highest BCUT2D eigenvalue weighted by molar-refractivity contribution is 8.00. The summed E-state index contributed by atoms with van der Waals surface area (Å²) in [5, 5.41) is 78.0. The average Bonchev–Trinajstić information content (AvgIpc) is 1.66. The number of phenols is 1. The van der Waals surface area contributed by atoms with Crippen LogP contribution in [-0.4, -0.2) is 320 Å². The van der Waals surface area contributed by atoms with Gasteiger partial charge in [-0.25, -0.2) is 4.98 Å². The number of aliphatic hydroxyl groups excluding tert-OH is 2. The summed E-state index contributed by atoms with van der Waals surface area (Å²) < 4.78 is 0. The molecule has 16 atom stereocenters. The van der Waals surface area contributed by atoms with Crippen molar-refractivity contribution in [2.75, 3.05) is 58.9 Å². The standard InChI is InChI=1S/C91H124N20O23S/c1-8-10-21-70-85(128)100-62(29-31-77(118)119)82(125)106-69(81(124)97-43-75(93)116)46-135-47-76(117)99-65(34-51-24-26-56(113)27-25-51)87(130)107(5)50(4)79(122)103-67(39-78(120)121)90(133)110-32-16-23-71(110)86(129)102-64(37-55-42-94-48-98-55)83(126)101-63(28-30-74(92)115)89(132)111-44-57(114)38-73(111)49(3)33-52(35-53-40-95-60-19-14-12-17-58(53)60)80(123)105-68(45-112)84(127)104-66(36-54-41-96-61-20-15-13-18-59(54)61)88(131)109(7)72(22-11-9-2)91(134)108(70)6/h12-15,17-20,24-27,40-42,48-50,52,57,62-73,95-96,112-114H,8-11,16,21-23,28-39,43-47H2,1-7H3,(H2,92,115)(H2,93,116)(H,94,98)(H,97,124)(H,99,117)(H,100,128)(H,101,126)(H,102,129)(H,103,122)(H,104,127)(H,105,123)(H,106,125)(H,118,119)(H,120,121)/t49?,50-,52-,57+,62-,63-,64-,65-,66-,67-,68-,69-,70-,71-,72-,73-/m0/s1. The zero-order chi connectivity index (χ0) is 98.6. The molecule has 0 spiro atoms. The molecule has 0 radical (unpaired) electrons. The molecule has 44 heteroatoms. The summed E-state index contributed by atoms with van der Waals surface area (Å²) in [7, 11) is 3.80. The van der Waals surface area contributed by atoms with Crippen molar-refractivity contribution in [2.45, 2.75) is 234 Å². The minimum absolute atomic E-state index is 0.0306. The molecule has 1 unspecified atom stereocenters. The lowest BCUT2D eigenvalue weighted by atomic mass is 9.84. The molecule has 0 saturated carbocycles. The minimum Gasteiger partial charge on any atom is -0.508 e. The van der Waals surface area contributed by atoms with Crippen molar-refractivity contribution in [3.05, 3.63) is 120 Å².